The number of benzene rings is 1. The van der Waals surface area contributed by atoms with E-state index in [4.69, 9.17) is 4.74 Å². The van der Waals surface area contributed by atoms with Gasteiger partial charge in [0.1, 0.15) is 4.21 Å². The highest BCUT2D eigenvalue weighted by atomic mass is 32.2. The Hall–Kier alpha value is -2.04. The van der Waals surface area contributed by atoms with E-state index in [2.05, 4.69) is 16.4 Å². The minimum atomic E-state index is -3.63. The standard InChI is InChI=1S/C21H25N3O4S3/c1-4-28-18(25)11-15-12-22-21(30-15)16-10-14-8-13(2)9-17(20(14)23-16)24(3)31(26,27)19-6-5-7-29-19/h5-9,15-16,23H,4,10-12H2,1-3H3. The van der Waals surface area contributed by atoms with E-state index in [0.29, 0.717) is 29.5 Å². The van der Waals surface area contributed by atoms with Crippen LogP contribution in [-0.4, -0.2) is 50.9 Å². The Morgan fingerprint density at radius 3 is 2.90 bits per heavy atom. The third-order valence-corrected chi connectivity index (χ3v) is 9.72. The molecule has 1 aromatic heterocycles. The van der Waals surface area contributed by atoms with Gasteiger partial charge in [0.05, 0.1) is 42.0 Å². The largest absolute Gasteiger partial charge is 0.466 e. The number of aryl methyl sites for hydroxylation is 1. The molecule has 0 radical (unpaired) electrons. The number of nitrogens with one attached hydrogen (secondary N) is 1. The molecular formula is C21H25N3O4S3. The van der Waals surface area contributed by atoms with E-state index in [1.807, 2.05) is 13.0 Å². The first-order valence-electron chi connectivity index (χ1n) is 10.1. The molecule has 2 aliphatic rings. The van der Waals surface area contributed by atoms with Crippen molar-refractivity contribution in [1.82, 2.24) is 0 Å². The molecule has 0 saturated heterocycles. The lowest BCUT2D eigenvalue weighted by molar-refractivity contribution is -0.143. The minimum Gasteiger partial charge on any atom is -0.466 e. The number of aliphatic imine (C=N–C) groups is 1. The van der Waals surface area contributed by atoms with Crippen LogP contribution in [0.5, 0.6) is 0 Å². The monoisotopic (exact) mass is 479 g/mol. The third kappa shape index (κ3) is 4.47. The maximum absolute atomic E-state index is 13.1. The summed E-state index contributed by atoms with van der Waals surface area (Å²) in [5.74, 6) is -0.197. The molecule has 2 atom stereocenters. The number of ether oxygens (including phenoxy) is 1. The number of esters is 1. The number of carbonyl (C=O) groups excluding carboxylic acids is 1. The fraction of sp³-hybridized carbons (Fsp3) is 0.429. The lowest BCUT2D eigenvalue weighted by Gasteiger charge is -2.22. The highest BCUT2D eigenvalue weighted by Gasteiger charge is 2.35. The number of thiophene rings is 1. The zero-order valence-corrected chi connectivity index (χ0v) is 20.1. The number of hydrogen-bond acceptors (Lipinski definition) is 8. The first kappa shape index (κ1) is 22.2. The Morgan fingerprint density at radius 1 is 1.39 bits per heavy atom. The van der Waals surface area contributed by atoms with Gasteiger partial charge in [0.2, 0.25) is 0 Å². The molecule has 2 aliphatic heterocycles. The molecule has 3 heterocycles. The van der Waals surface area contributed by atoms with Crippen LogP contribution in [0, 0.1) is 6.92 Å². The molecule has 31 heavy (non-hydrogen) atoms. The van der Waals surface area contributed by atoms with Gasteiger partial charge in [0.25, 0.3) is 10.0 Å². The van der Waals surface area contributed by atoms with Crippen LogP contribution < -0.4 is 9.62 Å². The number of sulfonamides is 1. The maximum Gasteiger partial charge on any atom is 0.306 e. The number of hydrogen-bond donors (Lipinski definition) is 1. The molecule has 4 rings (SSSR count). The average Bonchev–Trinajstić information content (AvgIpc) is 3.47. The van der Waals surface area contributed by atoms with Crippen molar-refractivity contribution in [2.24, 2.45) is 4.99 Å². The van der Waals surface area contributed by atoms with Gasteiger partial charge < -0.3 is 10.1 Å². The molecule has 1 N–H and O–H groups in total. The van der Waals surface area contributed by atoms with Crippen LogP contribution in [0.15, 0.2) is 38.8 Å². The van der Waals surface area contributed by atoms with Gasteiger partial charge in [-0.15, -0.1) is 23.1 Å². The predicted molar refractivity (Wildman–Crippen MR) is 127 cm³/mol. The summed E-state index contributed by atoms with van der Waals surface area (Å²) in [6, 6.07) is 7.32. The van der Waals surface area contributed by atoms with Gasteiger partial charge in [-0.3, -0.25) is 14.1 Å². The van der Waals surface area contributed by atoms with E-state index in [-0.39, 0.29) is 17.3 Å². The second-order valence-corrected chi connectivity index (χ2v) is 12.0. The smallest absolute Gasteiger partial charge is 0.306 e. The van der Waals surface area contributed by atoms with Crippen LogP contribution >= 0.6 is 23.1 Å². The summed E-state index contributed by atoms with van der Waals surface area (Å²) in [6.45, 7) is 4.75. The second kappa shape index (κ2) is 8.84. The SMILES string of the molecule is CCOC(=O)CC1CN=C(C2Cc3cc(C)cc(N(C)S(=O)(=O)c4cccs4)c3N2)S1. The maximum atomic E-state index is 13.1. The summed E-state index contributed by atoms with van der Waals surface area (Å²) >= 11 is 2.82. The van der Waals surface area contributed by atoms with Crippen molar-refractivity contribution in [2.75, 3.05) is 29.8 Å². The molecule has 0 bridgehead atoms. The molecule has 2 unspecified atom stereocenters. The summed E-state index contributed by atoms with van der Waals surface area (Å²) in [6.07, 6.45) is 1.08. The predicted octanol–water partition coefficient (Wildman–Crippen LogP) is 3.69. The van der Waals surface area contributed by atoms with Crippen molar-refractivity contribution in [1.29, 1.82) is 0 Å². The topological polar surface area (TPSA) is 88.1 Å². The van der Waals surface area contributed by atoms with Gasteiger partial charge in [-0.05, 0) is 42.5 Å². The van der Waals surface area contributed by atoms with Crippen LogP contribution in [-0.2, 0) is 26.0 Å². The number of carbonyl (C=O) groups is 1. The average molecular weight is 480 g/mol. The van der Waals surface area contributed by atoms with Crippen molar-refractivity contribution in [2.45, 2.75) is 42.2 Å². The summed E-state index contributed by atoms with van der Waals surface area (Å²) in [4.78, 5) is 16.5. The van der Waals surface area contributed by atoms with Gasteiger partial charge in [-0.25, -0.2) is 8.42 Å². The number of thioether (sulfide) groups is 1. The van der Waals surface area contributed by atoms with Gasteiger partial charge in [-0.1, -0.05) is 12.1 Å². The van der Waals surface area contributed by atoms with E-state index in [9.17, 15) is 13.2 Å². The zero-order chi connectivity index (χ0) is 22.2. The van der Waals surface area contributed by atoms with Crippen LogP contribution in [0.3, 0.4) is 0 Å². The number of nitrogens with zero attached hydrogens (tertiary/aromatic N) is 2. The van der Waals surface area contributed by atoms with Gasteiger partial charge >= 0.3 is 5.97 Å². The first-order valence-corrected chi connectivity index (χ1v) is 13.3. The molecule has 0 aliphatic carbocycles. The molecule has 0 saturated carbocycles. The van der Waals surface area contributed by atoms with E-state index in [1.54, 1.807) is 43.2 Å². The number of rotatable bonds is 7. The molecule has 10 heteroatoms. The Balaban J connectivity index is 1.53. The fourth-order valence-corrected chi connectivity index (χ4v) is 7.35. The molecule has 0 fully saturated rings. The molecule has 0 amide bonds. The zero-order valence-electron chi connectivity index (χ0n) is 17.6. The normalized spacial score (nSPS) is 20.2. The van der Waals surface area contributed by atoms with E-state index >= 15 is 0 Å². The van der Waals surface area contributed by atoms with Crippen molar-refractivity contribution in [3.63, 3.8) is 0 Å². The third-order valence-electron chi connectivity index (χ3n) is 5.27. The highest BCUT2D eigenvalue weighted by molar-refractivity contribution is 8.15. The van der Waals surface area contributed by atoms with Crippen molar-refractivity contribution >= 4 is 55.5 Å². The summed E-state index contributed by atoms with van der Waals surface area (Å²) < 4.78 is 32.9. The van der Waals surface area contributed by atoms with Crippen LogP contribution in [0.1, 0.15) is 24.5 Å². The molecule has 1 aromatic carbocycles. The Morgan fingerprint density at radius 2 is 2.19 bits per heavy atom. The minimum absolute atomic E-state index is 0.0226. The molecule has 2 aromatic rings. The highest BCUT2D eigenvalue weighted by Crippen LogP contribution is 2.41. The van der Waals surface area contributed by atoms with E-state index in [0.717, 1.165) is 28.3 Å². The van der Waals surface area contributed by atoms with E-state index < -0.39 is 10.0 Å². The Labute approximate surface area is 190 Å². The van der Waals surface area contributed by atoms with Crippen molar-refractivity contribution in [3.05, 3.63) is 40.8 Å². The van der Waals surface area contributed by atoms with Gasteiger partial charge in [-0.2, -0.15) is 0 Å². The van der Waals surface area contributed by atoms with E-state index in [1.165, 1.54) is 15.6 Å². The van der Waals surface area contributed by atoms with Crippen LogP contribution in [0.4, 0.5) is 11.4 Å². The molecular weight excluding hydrogens is 454 g/mol. The molecule has 7 nitrogen and oxygen atoms in total. The fourth-order valence-electron chi connectivity index (χ4n) is 3.83. The summed E-state index contributed by atoms with van der Waals surface area (Å²) in [5, 5.41) is 6.30. The summed E-state index contributed by atoms with van der Waals surface area (Å²) in [5.41, 5.74) is 3.55. The lowest BCUT2D eigenvalue weighted by atomic mass is 10.1. The van der Waals surface area contributed by atoms with Crippen LogP contribution in [0.25, 0.3) is 0 Å². The number of fused-ring (bicyclic) bond motifs is 1. The lowest BCUT2D eigenvalue weighted by Crippen LogP contribution is -2.28. The summed E-state index contributed by atoms with van der Waals surface area (Å²) in [7, 11) is -2.03. The second-order valence-electron chi connectivity index (χ2n) is 7.55. The Kier molecular flexibility index (Phi) is 6.32. The number of anilines is 2. The van der Waals surface area contributed by atoms with Gasteiger partial charge in [0.15, 0.2) is 0 Å². The molecule has 0 spiro atoms. The van der Waals surface area contributed by atoms with Crippen molar-refractivity contribution in [3.8, 4) is 0 Å². The van der Waals surface area contributed by atoms with Crippen LogP contribution in [0.2, 0.25) is 0 Å². The van der Waals surface area contributed by atoms with Crippen molar-refractivity contribution < 1.29 is 17.9 Å². The first-order chi connectivity index (χ1) is 14.8. The quantitative estimate of drug-likeness (QED) is 0.610. The molecule has 166 valence electrons. The Bertz CT molecular complexity index is 1110. The van der Waals surface area contributed by atoms with Gasteiger partial charge in [0, 0.05) is 18.7 Å².